The SMILES string of the molecule is COCCOC(=O)C1([N+](=O)[O-])C=CC=C([N+](=O)[O-])C1. The van der Waals surface area contributed by atoms with Crippen LogP contribution in [0.15, 0.2) is 23.9 Å². The van der Waals surface area contributed by atoms with Gasteiger partial charge in [-0.15, -0.1) is 0 Å². The summed E-state index contributed by atoms with van der Waals surface area (Å²) in [6.45, 7) is -0.0720. The molecule has 9 heteroatoms. The van der Waals surface area contributed by atoms with Crippen molar-refractivity contribution in [3.63, 3.8) is 0 Å². The number of nitrogens with zero attached hydrogens (tertiary/aromatic N) is 2. The molecule has 0 amide bonds. The molecular weight excluding hydrogens is 260 g/mol. The summed E-state index contributed by atoms with van der Waals surface area (Å²) in [4.78, 5) is 31.9. The maximum Gasteiger partial charge on any atom is 0.389 e. The Labute approximate surface area is 107 Å². The van der Waals surface area contributed by atoms with Gasteiger partial charge in [0.25, 0.3) is 5.70 Å². The Morgan fingerprint density at radius 2 is 2.11 bits per heavy atom. The predicted octanol–water partition coefficient (Wildman–Crippen LogP) is 0.312. The van der Waals surface area contributed by atoms with E-state index >= 15 is 0 Å². The number of esters is 1. The molecule has 0 aliphatic heterocycles. The molecule has 0 N–H and O–H groups in total. The van der Waals surface area contributed by atoms with Gasteiger partial charge >= 0.3 is 11.5 Å². The highest BCUT2D eigenvalue weighted by Crippen LogP contribution is 2.28. The van der Waals surface area contributed by atoms with Crippen LogP contribution in [-0.2, 0) is 14.3 Å². The van der Waals surface area contributed by atoms with E-state index in [1.807, 2.05) is 0 Å². The van der Waals surface area contributed by atoms with Crippen molar-refractivity contribution in [1.29, 1.82) is 0 Å². The number of allylic oxidation sites excluding steroid dienone is 2. The Balaban J connectivity index is 2.91. The number of methoxy groups -OCH3 is 1. The lowest BCUT2D eigenvalue weighted by molar-refractivity contribution is -0.548. The second kappa shape index (κ2) is 6.05. The average Bonchev–Trinajstić information content (AvgIpc) is 2.38. The molecule has 1 rings (SSSR count). The molecule has 0 aromatic carbocycles. The van der Waals surface area contributed by atoms with Crippen molar-refractivity contribution in [3.05, 3.63) is 44.2 Å². The van der Waals surface area contributed by atoms with Crippen LogP contribution < -0.4 is 0 Å². The van der Waals surface area contributed by atoms with Crippen molar-refractivity contribution >= 4 is 5.97 Å². The fraction of sp³-hybridized carbons (Fsp3) is 0.500. The molecule has 9 nitrogen and oxygen atoms in total. The fourth-order valence-corrected chi connectivity index (χ4v) is 1.52. The lowest BCUT2D eigenvalue weighted by Crippen LogP contribution is -2.47. The van der Waals surface area contributed by atoms with Crippen molar-refractivity contribution in [2.45, 2.75) is 12.0 Å². The zero-order chi connectivity index (χ0) is 14.5. The zero-order valence-corrected chi connectivity index (χ0v) is 10.1. The van der Waals surface area contributed by atoms with E-state index in [0.717, 1.165) is 18.2 Å². The van der Waals surface area contributed by atoms with Gasteiger partial charge in [0.05, 0.1) is 11.5 Å². The first-order valence-electron chi connectivity index (χ1n) is 5.27. The van der Waals surface area contributed by atoms with Crippen LogP contribution in [0.5, 0.6) is 0 Å². The van der Waals surface area contributed by atoms with Crippen LogP contribution in [0.4, 0.5) is 0 Å². The summed E-state index contributed by atoms with van der Waals surface area (Å²) in [6, 6.07) is 0. The van der Waals surface area contributed by atoms with E-state index in [-0.39, 0.29) is 13.2 Å². The topological polar surface area (TPSA) is 122 Å². The first-order chi connectivity index (χ1) is 8.94. The van der Waals surface area contributed by atoms with Gasteiger partial charge in [-0.3, -0.25) is 20.2 Å². The molecule has 0 saturated carbocycles. The number of hydrogen-bond donors (Lipinski definition) is 0. The van der Waals surface area contributed by atoms with Crippen LogP contribution in [0.3, 0.4) is 0 Å². The molecular formula is C10H12N2O7. The summed E-state index contributed by atoms with van der Waals surface area (Å²) in [5.41, 5.74) is -2.66. The predicted molar refractivity (Wildman–Crippen MR) is 61.4 cm³/mol. The van der Waals surface area contributed by atoms with Crippen LogP contribution in [-0.4, -0.2) is 41.7 Å². The van der Waals surface area contributed by atoms with Crippen LogP contribution in [0.1, 0.15) is 6.42 Å². The van der Waals surface area contributed by atoms with E-state index in [4.69, 9.17) is 4.74 Å². The van der Waals surface area contributed by atoms with E-state index in [0.29, 0.717) is 0 Å². The third-order valence-electron chi connectivity index (χ3n) is 2.55. The summed E-state index contributed by atoms with van der Waals surface area (Å²) in [6.07, 6.45) is 2.58. The van der Waals surface area contributed by atoms with Gasteiger partial charge < -0.3 is 9.47 Å². The second-order valence-corrected chi connectivity index (χ2v) is 3.76. The van der Waals surface area contributed by atoms with Crippen molar-refractivity contribution in [1.82, 2.24) is 0 Å². The Morgan fingerprint density at radius 1 is 1.42 bits per heavy atom. The second-order valence-electron chi connectivity index (χ2n) is 3.76. The highest BCUT2D eigenvalue weighted by Gasteiger charge is 2.54. The van der Waals surface area contributed by atoms with Gasteiger partial charge in [-0.25, -0.2) is 4.79 Å². The minimum Gasteiger partial charge on any atom is -0.458 e. The van der Waals surface area contributed by atoms with Gasteiger partial charge in [0, 0.05) is 24.2 Å². The van der Waals surface area contributed by atoms with Gasteiger partial charge in [-0.1, -0.05) is 6.08 Å². The molecule has 1 aliphatic rings. The van der Waals surface area contributed by atoms with Gasteiger partial charge in [0.2, 0.25) is 0 Å². The molecule has 0 spiro atoms. The quantitative estimate of drug-likeness (QED) is 0.295. The maximum absolute atomic E-state index is 11.8. The first kappa shape index (κ1) is 14.8. The molecule has 0 bridgehead atoms. The lowest BCUT2D eigenvalue weighted by Gasteiger charge is -2.20. The third kappa shape index (κ3) is 3.13. The van der Waals surface area contributed by atoms with Crippen LogP contribution in [0.2, 0.25) is 0 Å². The van der Waals surface area contributed by atoms with Crippen molar-refractivity contribution in [2.24, 2.45) is 0 Å². The monoisotopic (exact) mass is 272 g/mol. The molecule has 19 heavy (non-hydrogen) atoms. The van der Waals surface area contributed by atoms with E-state index < -0.39 is 33.5 Å². The molecule has 0 heterocycles. The number of ether oxygens (including phenoxy) is 2. The summed E-state index contributed by atoms with van der Waals surface area (Å²) in [7, 11) is 1.38. The molecule has 0 radical (unpaired) electrons. The Kier molecular flexibility index (Phi) is 4.70. The van der Waals surface area contributed by atoms with Crippen LogP contribution in [0.25, 0.3) is 0 Å². The normalized spacial score (nSPS) is 21.6. The van der Waals surface area contributed by atoms with Crippen LogP contribution >= 0.6 is 0 Å². The Bertz CT molecular complexity index is 457. The highest BCUT2D eigenvalue weighted by atomic mass is 16.6. The van der Waals surface area contributed by atoms with E-state index in [9.17, 15) is 25.0 Å². The first-order valence-corrected chi connectivity index (χ1v) is 5.27. The minimum atomic E-state index is -2.25. The number of rotatable bonds is 6. The smallest absolute Gasteiger partial charge is 0.389 e. The van der Waals surface area contributed by atoms with Gasteiger partial charge in [-0.05, 0) is 0 Å². The number of carbonyl (C=O) groups excluding carboxylic acids is 1. The molecule has 0 aromatic heterocycles. The Morgan fingerprint density at radius 3 is 2.63 bits per heavy atom. The standard InChI is InChI=1S/C10H12N2O7/c1-18-5-6-19-9(13)10(12(16)17)4-2-3-8(7-10)11(14)15/h2-4H,5-7H2,1H3. The number of nitro groups is 2. The maximum atomic E-state index is 11.8. The third-order valence-corrected chi connectivity index (χ3v) is 2.55. The molecule has 0 saturated heterocycles. The fourth-order valence-electron chi connectivity index (χ4n) is 1.52. The van der Waals surface area contributed by atoms with E-state index in [1.165, 1.54) is 7.11 Å². The summed E-state index contributed by atoms with van der Waals surface area (Å²) >= 11 is 0. The summed E-state index contributed by atoms with van der Waals surface area (Å²) in [5, 5.41) is 21.7. The molecule has 0 aromatic rings. The van der Waals surface area contributed by atoms with E-state index in [1.54, 1.807) is 0 Å². The zero-order valence-electron chi connectivity index (χ0n) is 10.1. The van der Waals surface area contributed by atoms with Crippen LogP contribution in [0, 0.1) is 20.2 Å². The van der Waals surface area contributed by atoms with Gasteiger partial charge in [0.1, 0.15) is 13.0 Å². The number of carbonyl (C=O) groups is 1. The number of hydrogen-bond acceptors (Lipinski definition) is 7. The van der Waals surface area contributed by atoms with Gasteiger partial charge in [0.15, 0.2) is 0 Å². The van der Waals surface area contributed by atoms with Gasteiger partial charge in [-0.2, -0.15) is 0 Å². The van der Waals surface area contributed by atoms with Crippen molar-refractivity contribution < 1.29 is 24.1 Å². The highest BCUT2D eigenvalue weighted by molar-refractivity contribution is 5.82. The molecule has 1 unspecified atom stereocenters. The van der Waals surface area contributed by atoms with E-state index in [2.05, 4.69) is 4.74 Å². The Hall–Kier alpha value is -2.29. The molecule has 0 fully saturated rings. The summed E-state index contributed by atoms with van der Waals surface area (Å²) in [5.74, 6) is -1.14. The lowest BCUT2D eigenvalue weighted by atomic mass is 9.90. The largest absolute Gasteiger partial charge is 0.458 e. The average molecular weight is 272 g/mol. The van der Waals surface area contributed by atoms with Crippen molar-refractivity contribution in [2.75, 3.05) is 20.3 Å². The molecule has 1 aliphatic carbocycles. The molecule has 104 valence electrons. The minimum absolute atomic E-state index is 0.0845. The molecule has 1 atom stereocenters. The summed E-state index contributed by atoms with van der Waals surface area (Å²) < 4.78 is 9.36. The van der Waals surface area contributed by atoms with Crippen molar-refractivity contribution in [3.8, 4) is 0 Å².